The van der Waals surface area contributed by atoms with Gasteiger partial charge in [0.05, 0.1) is 12.7 Å². The number of hydrogen-bond acceptors (Lipinski definition) is 4. The Balaban J connectivity index is 1.90. The monoisotopic (exact) mass is 197 g/mol. The Hall–Kier alpha value is -0.870. The molecule has 0 unspecified atom stereocenters. The molecule has 1 N–H and O–H groups in total. The van der Waals surface area contributed by atoms with Crippen LogP contribution in [0.15, 0.2) is 17.0 Å². The number of hydrogen-bond donors (Lipinski definition) is 1. The fourth-order valence-corrected chi connectivity index (χ4v) is 1.22. The maximum absolute atomic E-state index is 5.10. The Bertz CT molecular complexity index is 221. The molecular formula is C10H19N3O. The summed E-state index contributed by atoms with van der Waals surface area (Å²) in [6, 6.07) is 0. The summed E-state index contributed by atoms with van der Waals surface area (Å²) < 4.78 is 5.10. The lowest BCUT2D eigenvalue weighted by Crippen LogP contribution is -2.17. The molecule has 14 heavy (non-hydrogen) atoms. The van der Waals surface area contributed by atoms with E-state index in [2.05, 4.69) is 29.3 Å². The molecular weight excluding hydrogens is 178 g/mol. The SMILES string of the molecule is CN(C)CCCCNCc1cnco1. The molecule has 0 saturated heterocycles. The highest BCUT2D eigenvalue weighted by atomic mass is 16.3. The van der Waals surface area contributed by atoms with E-state index < -0.39 is 0 Å². The molecule has 1 heterocycles. The summed E-state index contributed by atoms with van der Waals surface area (Å²) in [7, 11) is 4.20. The summed E-state index contributed by atoms with van der Waals surface area (Å²) in [5.74, 6) is 0.901. The Morgan fingerprint density at radius 1 is 1.43 bits per heavy atom. The minimum atomic E-state index is 0.780. The van der Waals surface area contributed by atoms with E-state index in [1.807, 2.05) is 0 Å². The van der Waals surface area contributed by atoms with Crippen LogP contribution in [-0.2, 0) is 6.54 Å². The van der Waals surface area contributed by atoms with Crippen LogP contribution in [0.1, 0.15) is 18.6 Å². The summed E-state index contributed by atoms with van der Waals surface area (Å²) in [5.41, 5.74) is 0. The van der Waals surface area contributed by atoms with E-state index in [1.165, 1.54) is 19.2 Å². The van der Waals surface area contributed by atoms with Crippen LogP contribution < -0.4 is 5.32 Å². The third kappa shape index (κ3) is 4.99. The second kappa shape index (κ2) is 6.56. The number of aromatic nitrogens is 1. The van der Waals surface area contributed by atoms with E-state index in [-0.39, 0.29) is 0 Å². The van der Waals surface area contributed by atoms with Crippen LogP contribution >= 0.6 is 0 Å². The lowest BCUT2D eigenvalue weighted by molar-refractivity contribution is 0.390. The zero-order valence-electron chi connectivity index (χ0n) is 8.99. The van der Waals surface area contributed by atoms with E-state index >= 15 is 0 Å². The molecule has 0 bridgehead atoms. The first-order valence-corrected chi connectivity index (χ1v) is 5.02. The molecule has 0 amide bonds. The molecule has 1 rings (SSSR count). The molecule has 1 aromatic rings. The lowest BCUT2D eigenvalue weighted by Gasteiger charge is -2.08. The zero-order chi connectivity index (χ0) is 10.2. The number of nitrogens with zero attached hydrogens (tertiary/aromatic N) is 2. The van der Waals surface area contributed by atoms with E-state index in [0.29, 0.717) is 0 Å². The molecule has 0 radical (unpaired) electrons. The van der Waals surface area contributed by atoms with E-state index in [0.717, 1.165) is 25.4 Å². The highest BCUT2D eigenvalue weighted by Gasteiger charge is 1.95. The van der Waals surface area contributed by atoms with Crippen molar-refractivity contribution >= 4 is 0 Å². The van der Waals surface area contributed by atoms with Gasteiger partial charge in [0.1, 0.15) is 5.76 Å². The Labute approximate surface area is 85.3 Å². The largest absolute Gasteiger partial charge is 0.447 e. The van der Waals surface area contributed by atoms with Crippen LogP contribution in [0.4, 0.5) is 0 Å². The summed E-state index contributed by atoms with van der Waals surface area (Å²) >= 11 is 0. The van der Waals surface area contributed by atoms with Crippen molar-refractivity contribution in [3.63, 3.8) is 0 Å². The van der Waals surface area contributed by atoms with Crippen molar-refractivity contribution in [1.29, 1.82) is 0 Å². The van der Waals surface area contributed by atoms with Gasteiger partial charge in [-0.3, -0.25) is 0 Å². The van der Waals surface area contributed by atoms with Crippen LogP contribution in [-0.4, -0.2) is 37.1 Å². The van der Waals surface area contributed by atoms with Gasteiger partial charge in [0, 0.05) is 0 Å². The first-order chi connectivity index (χ1) is 6.79. The summed E-state index contributed by atoms with van der Waals surface area (Å²) in [6.45, 7) is 2.97. The normalized spacial score (nSPS) is 11.1. The lowest BCUT2D eigenvalue weighted by atomic mass is 10.3. The molecule has 0 aliphatic heterocycles. The first kappa shape index (κ1) is 11.2. The molecule has 1 aromatic heterocycles. The van der Waals surface area contributed by atoms with Crippen molar-refractivity contribution in [2.24, 2.45) is 0 Å². The van der Waals surface area contributed by atoms with Crippen LogP contribution in [0.25, 0.3) is 0 Å². The second-order valence-electron chi connectivity index (χ2n) is 3.65. The highest BCUT2D eigenvalue weighted by molar-refractivity contribution is 4.86. The molecule has 0 aromatic carbocycles. The molecule has 4 nitrogen and oxygen atoms in total. The molecule has 0 atom stereocenters. The van der Waals surface area contributed by atoms with Gasteiger partial charge in [-0.25, -0.2) is 4.98 Å². The predicted octanol–water partition coefficient (Wildman–Crippen LogP) is 1.11. The Morgan fingerprint density at radius 3 is 2.93 bits per heavy atom. The molecule has 0 spiro atoms. The number of unbranched alkanes of at least 4 members (excludes halogenated alkanes) is 1. The average Bonchev–Trinajstić information content (AvgIpc) is 2.63. The maximum Gasteiger partial charge on any atom is 0.180 e. The predicted molar refractivity (Wildman–Crippen MR) is 56.0 cm³/mol. The highest BCUT2D eigenvalue weighted by Crippen LogP contribution is 1.95. The van der Waals surface area contributed by atoms with E-state index in [9.17, 15) is 0 Å². The van der Waals surface area contributed by atoms with Crippen LogP contribution in [0.3, 0.4) is 0 Å². The molecule has 80 valence electrons. The van der Waals surface area contributed by atoms with Crippen molar-refractivity contribution in [1.82, 2.24) is 15.2 Å². The van der Waals surface area contributed by atoms with Gasteiger partial charge >= 0.3 is 0 Å². The zero-order valence-corrected chi connectivity index (χ0v) is 8.99. The van der Waals surface area contributed by atoms with Crippen LogP contribution in [0.2, 0.25) is 0 Å². The molecule has 0 aliphatic rings. The van der Waals surface area contributed by atoms with Gasteiger partial charge in [0.2, 0.25) is 0 Å². The fourth-order valence-electron chi connectivity index (χ4n) is 1.22. The van der Waals surface area contributed by atoms with Crippen molar-refractivity contribution in [3.8, 4) is 0 Å². The van der Waals surface area contributed by atoms with Crippen molar-refractivity contribution in [2.45, 2.75) is 19.4 Å². The molecule has 4 heteroatoms. The molecule has 0 saturated carbocycles. The number of nitrogens with one attached hydrogen (secondary N) is 1. The topological polar surface area (TPSA) is 41.3 Å². The van der Waals surface area contributed by atoms with Crippen LogP contribution in [0.5, 0.6) is 0 Å². The van der Waals surface area contributed by atoms with Crippen molar-refractivity contribution in [3.05, 3.63) is 18.4 Å². The van der Waals surface area contributed by atoms with E-state index in [4.69, 9.17) is 4.42 Å². The Kier molecular flexibility index (Phi) is 5.25. The third-order valence-electron chi connectivity index (χ3n) is 1.99. The molecule has 0 fully saturated rings. The van der Waals surface area contributed by atoms with E-state index in [1.54, 1.807) is 6.20 Å². The van der Waals surface area contributed by atoms with Gasteiger partial charge < -0.3 is 14.6 Å². The fraction of sp³-hybridized carbons (Fsp3) is 0.700. The second-order valence-corrected chi connectivity index (χ2v) is 3.65. The molecule has 0 aliphatic carbocycles. The van der Waals surface area contributed by atoms with Crippen molar-refractivity contribution < 1.29 is 4.42 Å². The standard InChI is InChI=1S/C10H19N3O/c1-13(2)6-4-3-5-11-7-10-8-12-9-14-10/h8-9,11H,3-7H2,1-2H3. The third-order valence-corrected chi connectivity index (χ3v) is 1.99. The minimum absolute atomic E-state index is 0.780. The van der Waals surface area contributed by atoms with Gasteiger partial charge in [-0.05, 0) is 40.0 Å². The minimum Gasteiger partial charge on any atom is -0.447 e. The number of rotatable bonds is 7. The van der Waals surface area contributed by atoms with Gasteiger partial charge in [0.25, 0.3) is 0 Å². The number of oxazole rings is 1. The average molecular weight is 197 g/mol. The van der Waals surface area contributed by atoms with Crippen LogP contribution in [0, 0.1) is 0 Å². The first-order valence-electron chi connectivity index (χ1n) is 5.02. The van der Waals surface area contributed by atoms with Crippen molar-refractivity contribution in [2.75, 3.05) is 27.2 Å². The van der Waals surface area contributed by atoms with Gasteiger partial charge in [-0.2, -0.15) is 0 Å². The summed E-state index contributed by atoms with van der Waals surface area (Å²) in [4.78, 5) is 6.05. The summed E-state index contributed by atoms with van der Waals surface area (Å²) in [5, 5.41) is 3.31. The van der Waals surface area contributed by atoms with Gasteiger partial charge in [-0.15, -0.1) is 0 Å². The summed E-state index contributed by atoms with van der Waals surface area (Å²) in [6.07, 6.45) is 5.64. The van der Waals surface area contributed by atoms with Gasteiger partial charge in [0.15, 0.2) is 6.39 Å². The maximum atomic E-state index is 5.10. The Morgan fingerprint density at radius 2 is 2.29 bits per heavy atom. The van der Waals surface area contributed by atoms with Gasteiger partial charge in [-0.1, -0.05) is 0 Å². The smallest absolute Gasteiger partial charge is 0.180 e. The quantitative estimate of drug-likeness (QED) is 0.665.